The molecule has 0 aromatic rings. The van der Waals surface area contributed by atoms with E-state index in [4.69, 9.17) is 56.8 Å². The van der Waals surface area contributed by atoms with Gasteiger partial charge in [-0.1, -0.05) is 0 Å². The van der Waals surface area contributed by atoms with E-state index < -0.39 is 224 Å². The maximum Gasteiger partial charge on any atom is 0.187 e. The van der Waals surface area contributed by atoms with E-state index >= 15 is 0 Å². The molecule has 0 aliphatic carbocycles. The van der Waals surface area contributed by atoms with Crippen molar-refractivity contribution in [3.8, 4) is 0 Å². The summed E-state index contributed by atoms with van der Waals surface area (Å²) in [4.78, 5) is 0. The molecule has 6 fully saturated rings. The molecule has 31 nitrogen and oxygen atoms in total. The van der Waals surface area contributed by atoms with Gasteiger partial charge in [0.1, 0.15) is 146 Å². The van der Waals surface area contributed by atoms with Crippen molar-refractivity contribution in [2.24, 2.45) is 0 Å². The van der Waals surface area contributed by atoms with Crippen molar-refractivity contribution in [2.75, 3.05) is 46.8 Å². The summed E-state index contributed by atoms with van der Waals surface area (Å²) < 4.78 is 66.2. The molecule has 0 unspecified atom stereocenters. The lowest BCUT2D eigenvalue weighted by Crippen LogP contribution is -2.68. The molecule has 68 heavy (non-hydrogen) atoms. The van der Waals surface area contributed by atoms with Crippen LogP contribution in [-0.2, 0) is 56.8 Å². The first-order valence-electron chi connectivity index (χ1n) is 21.5. The fourth-order valence-corrected chi connectivity index (χ4v) is 8.67. The molecular weight excluding hydrogens is 940 g/mol. The van der Waals surface area contributed by atoms with Crippen molar-refractivity contribution in [1.29, 1.82) is 0 Å². The third-order valence-corrected chi connectivity index (χ3v) is 12.6. The second-order valence-electron chi connectivity index (χ2n) is 17.0. The van der Waals surface area contributed by atoms with Gasteiger partial charge < -0.3 is 154 Å². The predicted molar refractivity (Wildman–Crippen MR) is 204 cm³/mol. The van der Waals surface area contributed by atoms with Gasteiger partial charge >= 0.3 is 0 Å². The van der Waals surface area contributed by atoms with E-state index in [1.807, 2.05) is 0 Å². The van der Waals surface area contributed by atoms with Crippen LogP contribution >= 0.6 is 0 Å². The Kier molecular flexibility index (Phi) is 19.9. The van der Waals surface area contributed by atoms with Crippen LogP contribution in [-0.4, -0.2) is 328 Å². The topological polar surface area (TPSA) is 495 Å². The van der Waals surface area contributed by atoms with Crippen molar-refractivity contribution in [3.63, 3.8) is 0 Å². The minimum absolute atomic E-state index is 0.775. The highest BCUT2D eigenvalue weighted by Gasteiger charge is 2.58. The Labute approximate surface area is 384 Å². The largest absolute Gasteiger partial charge is 0.394 e. The lowest BCUT2D eigenvalue weighted by molar-refractivity contribution is -0.398. The number of aliphatic hydroxyl groups excluding tert-OH is 19. The fourth-order valence-electron chi connectivity index (χ4n) is 8.67. The number of hydrogen-bond donors (Lipinski definition) is 19. The van der Waals surface area contributed by atoms with E-state index in [0.717, 1.165) is 7.11 Å². The molecule has 6 saturated heterocycles. The van der Waals surface area contributed by atoms with Crippen LogP contribution in [0.15, 0.2) is 0 Å². The molecule has 0 radical (unpaired) electrons. The van der Waals surface area contributed by atoms with Crippen molar-refractivity contribution < 1.29 is 154 Å². The Bertz CT molecular complexity index is 1510. The van der Waals surface area contributed by atoms with Gasteiger partial charge in [-0.05, 0) is 0 Å². The standard InChI is InChI=1S/C37H64O31/c1-57-32-22(52)27(15(45)9(3-39)58-32)65-34-24(54)29(17(47)11(5-41)60-34)67-36-26(56)31(19(49)13(7-43)62-36)68-37-25(55)30(18(48)12(6-42)63-37)66-35-23(53)28(16(46)10(4-40)61-35)64-33-21(51)20(50)14(44)8(2-38)59-33/h8-56H,2-7H2,1H3/t8-,9-,10-,11-,12-,13-,14-,15-,16-,17-,18-,19-,20+,21+,22+,23+,24+,25+,26+,27+,28+,29+,30+,31+,32-,33+,34+,35+,36+,37-/m1/s1. The molecule has 0 spiro atoms. The lowest BCUT2D eigenvalue weighted by atomic mass is 9.95. The van der Waals surface area contributed by atoms with E-state index in [0.29, 0.717) is 0 Å². The van der Waals surface area contributed by atoms with Crippen molar-refractivity contribution >= 4 is 0 Å². The Balaban J connectivity index is 1.19. The van der Waals surface area contributed by atoms with Crippen LogP contribution in [0.1, 0.15) is 0 Å². The highest BCUT2D eigenvalue weighted by molar-refractivity contribution is 5.00. The van der Waals surface area contributed by atoms with E-state index in [9.17, 15) is 97.0 Å². The summed E-state index contributed by atoms with van der Waals surface area (Å²) in [6, 6.07) is 0. The third kappa shape index (κ3) is 11.3. The molecular formula is C37H64O31. The van der Waals surface area contributed by atoms with Gasteiger partial charge in [0.15, 0.2) is 37.7 Å². The maximum absolute atomic E-state index is 11.6. The first kappa shape index (κ1) is 56.1. The van der Waals surface area contributed by atoms with Crippen molar-refractivity contribution in [2.45, 2.75) is 184 Å². The van der Waals surface area contributed by atoms with Gasteiger partial charge in [-0.25, -0.2) is 0 Å². The first-order valence-corrected chi connectivity index (χ1v) is 21.5. The SMILES string of the molecule is CO[C@@H]1O[C@H](CO)[C@@H](O)[C@H](O[C@@H]2O[C@H](CO)[C@@H](O)[C@H](O[C@@H]3O[C@H](CO)[C@@H](O)[C@H](O[C@H]4O[C@H](CO)[C@@H](O)[C@H](O[C@@H]5O[C@H](CO)[C@@H](O)[C@H](O[C@@H]6O[C@H](CO)[C@@H](O)[C@H](O)[C@@H]6O)[C@@H]5O)[C@@H]4O)[C@@H]3O)[C@@H]2O)[C@@H]1O. The summed E-state index contributed by atoms with van der Waals surface area (Å²) in [5.41, 5.74) is 0. The number of rotatable bonds is 17. The van der Waals surface area contributed by atoms with E-state index in [2.05, 4.69) is 0 Å². The number of aliphatic hydroxyl groups is 19. The molecule has 6 aliphatic heterocycles. The molecule has 31 heteroatoms. The third-order valence-electron chi connectivity index (χ3n) is 12.6. The minimum atomic E-state index is -2.25. The van der Waals surface area contributed by atoms with E-state index in [-0.39, 0.29) is 0 Å². The molecule has 398 valence electrons. The molecule has 0 amide bonds. The van der Waals surface area contributed by atoms with Gasteiger partial charge in [0.25, 0.3) is 0 Å². The quantitative estimate of drug-likeness (QED) is 0.0643. The summed E-state index contributed by atoms with van der Waals surface area (Å²) in [7, 11) is 1.14. The normalized spacial score (nSPS) is 52.8. The average molecular weight is 1000 g/mol. The first-order chi connectivity index (χ1) is 32.3. The van der Waals surface area contributed by atoms with Crippen LogP contribution in [0, 0.1) is 0 Å². The molecule has 0 bridgehead atoms. The Morgan fingerprint density at radius 3 is 0.662 bits per heavy atom. The van der Waals surface area contributed by atoms with Crippen LogP contribution in [0.2, 0.25) is 0 Å². The van der Waals surface area contributed by atoms with Crippen LogP contribution in [0.3, 0.4) is 0 Å². The van der Waals surface area contributed by atoms with Crippen LogP contribution in [0.25, 0.3) is 0 Å². The minimum Gasteiger partial charge on any atom is -0.394 e. The summed E-state index contributed by atoms with van der Waals surface area (Å²) in [5.74, 6) is 0. The number of methoxy groups -OCH3 is 1. The summed E-state index contributed by atoms with van der Waals surface area (Å²) in [5, 5.41) is 202. The summed E-state index contributed by atoms with van der Waals surface area (Å²) >= 11 is 0. The van der Waals surface area contributed by atoms with Gasteiger partial charge in [-0.2, -0.15) is 0 Å². The van der Waals surface area contributed by atoms with Gasteiger partial charge in [0, 0.05) is 7.11 Å². The van der Waals surface area contributed by atoms with E-state index in [1.54, 1.807) is 0 Å². The van der Waals surface area contributed by atoms with Gasteiger partial charge in [0.2, 0.25) is 0 Å². The van der Waals surface area contributed by atoms with Crippen LogP contribution in [0.5, 0.6) is 0 Å². The highest BCUT2D eigenvalue weighted by Crippen LogP contribution is 2.37. The highest BCUT2D eigenvalue weighted by atomic mass is 16.8. The fraction of sp³-hybridized carbons (Fsp3) is 1.00. The molecule has 6 rings (SSSR count). The van der Waals surface area contributed by atoms with Crippen molar-refractivity contribution in [1.82, 2.24) is 0 Å². The Hall–Kier alpha value is -1.24. The van der Waals surface area contributed by atoms with Crippen LogP contribution in [0.4, 0.5) is 0 Å². The molecule has 0 aromatic heterocycles. The van der Waals surface area contributed by atoms with Crippen LogP contribution < -0.4 is 0 Å². The monoisotopic (exact) mass is 1000 g/mol. The molecule has 0 aromatic carbocycles. The number of hydrogen-bond acceptors (Lipinski definition) is 31. The summed E-state index contributed by atoms with van der Waals surface area (Å²) in [6.07, 6.45) is -57.1. The second-order valence-corrected chi connectivity index (χ2v) is 17.0. The van der Waals surface area contributed by atoms with Gasteiger partial charge in [0.05, 0.1) is 39.6 Å². The van der Waals surface area contributed by atoms with E-state index in [1.165, 1.54) is 0 Å². The lowest BCUT2D eigenvalue weighted by Gasteiger charge is -2.50. The zero-order valence-electron chi connectivity index (χ0n) is 36.0. The summed E-state index contributed by atoms with van der Waals surface area (Å²) in [6.45, 7) is -5.65. The number of ether oxygens (including phenoxy) is 12. The average Bonchev–Trinajstić information content (AvgIpc) is 3.33. The van der Waals surface area contributed by atoms with Crippen molar-refractivity contribution in [3.05, 3.63) is 0 Å². The Morgan fingerprint density at radius 1 is 0.250 bits per heavy atom. The van der Waals surface area contributed by atoms with Gasteiger partial charge in [-0.15, -0.1) is 0 Å². The molecule has 0 saturated carbocycles. The maximum atomic E-state index is 11.6. The van der Waals surface area contributed by atoms with Gasteiger partial charge in [-0.3, -0.25) is 0 Å². The Morgan fingerprint density at radius 2 is 0.441 bits per heavy atom. The zero-order valence-corrected chi connectivity index (χ0v) is 36.0. The molecule has 6 aliphatic rings. The zero-order chi connectivity index (χ0) is 50.0. The molecule has 30 atom stereocenters. The molecule has 19 N–H and O–H groups in total. The smallest absolute Gasteiger partial charge is 0.187 e. The predicted octanol–water partition coefficient (Wildman–Crippen LogP) is -13.4. The second kappa shape index (κ2) is 24.2. The molecule has 6 heterocycles.